The molecule has 0 bridgehead atoms. The minimum atomic E-state index is -2.49. The van der Waals surface area contributed by atoms with Crippen LogP contribution >= 0.6 is 0 Å². The molecule has 0 saturated heterocycles. The van der Waals surface area contributed by atoms with Crippen molar-refractivity contribution >= 4 is 5.69 Å². The van der Waals surface area contributed by atoms with Gasteiger partial charge in [-0.1, -0.05) is 0 Å². The summed E-state index contributed by atoms with van der Waals surface area (Å²) in [5.41, 5.74) is 3.57. The fraction of sp³-hybridized carbons (Fsp3) is 0.500. The average molecular weight is 319 g/mol. The fourth-order valence-corrected chi connectivity index (χ4v) is 3.20. The number of hydrogen-bond acceptors (Lipinski definition) is 2. The van der Waals surface area contributed by atoms with Gasteiger partial charge in [-0.3, -0.25) is 4.68 Å². The molecule has 1 aliphatic heterocycles. The van der Waals surface area contributed by atoms with E-state index in [2.05, 4.69) is 23.8 Å². The van der Waals surface area contributed by atoms with Crippen molar-refractivity contribution in [2.24, 2.45) is 0 Å². The second-order valence-electron chi connectivity index (χ2n) is 6.71. The molecule has 1 aliphatic rings. The van der Waals surface area contributed by atoms with Crippen LogP contribution in [-0.2, 0) is 6.42 Å². The van der Waals surface area contributed by atoms with E-state index in [1.54, 1.807) is 16.9 Å². The van der Waals surface area contributed by atoms with Gasteiger partial charge in [-0.2, -0.15) is 5.10 Å². The van der Waals surface area contributed by atoms with Crippen LogP contribution < -0.4 is 4.90 Å². The minimum Gasteiger partial charge on any atom is -0.369 e. The van der Waals surface area contributed by atoms with E-state index in [0.717, 1.165) is 29.8 Å². The molecular weight excluding hydrogens is 296 g/mol. The van der Waals surface area contributed by atoms with E-state index >= 15 is 0 Å². The van der Waals surface area contributed by atoms with Gasteiger partial charge in [-0.15, -0.1) is 0 Å². The van der Waals surface area contributed by atoms with Gasteiger partial charge in [0.2, 0.25) is 0 Å². The van der Waals surface area contributed by atoms with Crippen molar-refractivity contribution in [1.82, 2.24) is 9.78 Å². The lowest BCUT2D eigenvalue weighted by molar-refractivity contribution is 0.152. The van der Waals surface area contributed by atoms with E-state index < -0.39 is 6.43 Å². The van der Waals surface area contributed by atoms with Crippen molar-refractivity contribution in [3.05, 3.63) is 35.7 Å². The Labute approximate surface area is 135 Å². The predicted molar refractivity (Wildman–Crippen MR) is 89.2 cm³/mol. The first-order valence-electron chi connectivity index (χ1n) is 8.14. The number of aromatic nitrogens is 2. The third kappa shape index (κ3) is 2.84. The number of anilines is 1. The lowest BCUT2D eigenvalue weighted by atomic mass is 9.98. The average Bonchev–Trinajstić information content (AvgIpc) is 3.12. The molecule has 3 rings (SSSR count). The Hall–Kier alpha value is -1.91. The fourth-order valence-electron chi connectivity index (χ4n) is 3.20. The van der Waals surface area contributed by atoms with Gasteiger partial charge in [0.25, 0.3) is 6.43 Å². The first-order chi connectivity index (χ1) is 10.9. The molecule has 0 N–H and O–H groups in total. The monoisotopic (exact) mass is 319 g/mol. The SMILES string of the molecule is CC(C)N1CCc2cc(-c3cnn(C(C)C)c3)c(C(F)F)cc21. The second kappa shape index (κ2) is 5.95. The van der Waals surface area contributed by atoms with E-state index in [1.807, 2.05) is 26.1 Å². The van der Waals surface area contributed by atoms with Crippen LogP contribution in [0, 0.1) is 0 Å². The van der Waals surface area contributed by atoms with Crippen LogP contribution in [0.15, 0.2) is 24.5 Å². The van der Waals surface area contributed by atoms with E-state index in [-0.39, 0.29) is 11.6 Å². The van der Waals surface area contributed by atoms with Crippen molar-refractivity contribution in [2.75, 3.05) is 11.4 Å². The van der Waals surface area contributed by atoms with Gasteiger partial charge in [-0.05, 0) is 57.4 Å². The van der Waals surface area contributed by atoms with Crippen molar-refractivity contribution in [2.45, 2.75) is 52.6 Å². The smallest absolute Gasteiger partial charge is 0.264 e. The summed E-state index contributed by atoms with van der Waals surface area (Å²) in [6.45, 7) is 9.13. The summed E-state index contributed by atoms with van der Waals surface area (Å²) >= 11 is 0. The number of alkyl halides is 2. The van der Waals surface area contributed by atoms with Crippen LogP contribution in [0.4, 0.5) is 14.5 Å². The third-order valence-corrected chi connectivity index (χ3v) is 4.48. The molecule has 0 aliphatic carbocycles. The van der Waals surface area contributed by atoms with E-state index in [9.17, 15) is 8.78 Å². The molecule has 1 aromatic carbocycles. The lowest BCUT2D eigenvalue weighted by Crippen LogP contribution is -2.28. The summed E-state index contributed by atoms with van der Waals surface area (Å²) in [6, 6.07) is 4.14. The Morgan fingerprint density at radius 3 is 2.39 bits per heavy atom. The molecule has 23 heavy (non-hydrogen) atoms. The first-order valence-corrected chi connectivity index (χ1v) is 8.14. The highest BCUT2D eigenvalue weighted by Gasteiger charge is 2.26. The van der Waals surface area contributed by atoms with Crippen LogP contribution in [0.2, 0.25) is 0 Å². The lowest BCUT2D eigenvalue weighted by Gasteiger charge is -2.25. The van der Waals surface area contributed by atoms with E-state index in [0.29, 0.717) is 11.6 Å². The molecule has 0 atom stereocenters. The van der Waals surface area contributed by atoms with E-state index in [4.69, 9.17) is 0 Å². The summed E-state index contributed by atoms with van der Waals surface area (Å²) in [6.07, 6.45) is 1.95. The normalized spacial score (nSPS) is 14.4. The molecule has 3 nitrogen and oxygen atoms in total. The summed E-state index contributed by atoms with van der Waals surface area (Å²) < 4.78 is 29.1. The highest BCUT2D eigenvalue weighted by atomic mass is 19.3. The van der Waals surface area contributed by atoms with Crippen LogP contribution in [0.5, 0.6) is 0 Å². The molecule has 0 radical (unpaired) electrons. The Bertz CT molecular complexity index is 704. The topological polar surface area (TPSA) is 21.1 Å². The van der Waals surface area contributed by atoms with E-state index in [1.165, 1.54) is 0 Å². The van der Waals surface area contributed by atoms with Crippen molar-refractivity contribution in [3.8, 4) is 11.1 Å². The number of fused-ring (bicyclic) bond motifs is 1. The zero-order valence-corrected chi connectivity index (χ0v) is 14.1. The molecule has 0 fully saturated rings. The van der Waals surface area contributed by atoms with Crippen LogP contribution in [0.25, 0.3) is 11.1 Å². The Balaban J connectivity index is 2.10. The number of nitrogens with zero attached hydrogens (tertiary/aromatic N) is 3. The predicted octanol–water partition coefficient (Wildman–Crippen LogP) is 4.84. The summed E-state index contributed by atoms with van der Waals surface area (Å²) in [5.74, 6) is 0. The molecule has 5 heteroatoms. The number of hydrogen-bond donors (Lipinski definition) is 0. The number of rotatable bonds is 4. The Morgan fingerprint density at radius 2 is 1.83 bits per heavy atom. The Kier molecular flexibility index (Phi) is 4.13. The summed E-state index contributed by atoms with van der Waals surface area (Å²) in [4.78, 5) is 2.20. The molecular formula is C18H23F2N3. The van der Waals surface area contributed by atoms with Crippen molar-refractivity contribution in [1.29, 1.82) is 0 Å². The molecule has 0 saturated carbocycles. The molecule has 124 valence electrons. The zero-order valence-electron chi connectivity index (χ0n) is 14.1. The second-order valence-corrected chi connectivity index (χ2v) is 6.71. The van der Waals surface area contributed by atoms with Gasteiger partial charge < -0.3 is 4.90 Å². The van der Waals surface area contributed by atoms with Gasteiger partial charge >= 0.3 is 0 Å². The molecule has 2 aromatic rings. The molecule has 0 spiro atoms. The maximum absolute atomic E-state index is 13.6. The van der Waals surface area contributed by atoms with Crippen LogP contribution in [0.3, 0.4) is 0 Å². The van der Waals surface area contributed by atoms with Gasteiger partial charge in [0.05, 0.1) is 6.20 Å². The Morgan fingerprint density at radius 1 is 1.09 bits per heavy atom. The third-order valence-electron chi connectivity index (χ3n) is 4.48. The van der Waals surface area contributed by atoms with Crippen LogP contribution in [0.1, 0.15) is 51.3 Å². The van der Waals surface area contributed by atoms with Gasteiger partial charge in [0.1, 0.15) is 0 Å². The number of halogens is 2. The summed E-state index contributed by atoms with van der Waals surface area (Å²) in [7, 11) is 0. The highest BCUT2D eigenvalue weighted by Crippen LogP contribution is 2.40. The minimum absolute atomic E-state index is 0.0969. The maximum atomic E-state index is 13.6. The van der Waals surface area contributed by atoms with Gasteiger partial charge in [0.15, 0.2) is 0 Å². The van der Waals surface area contributed by atoms with Crippen molar-refractivity contribution in [3.63, 3.8) is 0 Å². The number of benzene rings is 1. The van der Waals surface area contributed by atoms with Gasteiger partial charge in [-0.25, -0.2) is 8.78 Å². The standard InChI is InChI=1S/C18H23F2N3/c1-11(2)22-6-5-13-7-15(16(18(19)20)8-17(13)22)14-9-21-23(10-14)12(3)4/h7-12,18H,5-6H2,1-4H3. The molecule has 1 aromatic heterocycles. The quantitative estimate of drug-likeness (QED) is 0.804. The van der Waals surface area contributed by atoms with Gasteiger partial charge in [0, 0.05) is 41.6 Å². The molecule has 0 unspecified atom stereocenters. The molecule has 2 heterocycles. The summed E-state index contributed by atoms with van der Waals surface area (Å²) in [5, 5.41) is 4.29. The van der Waals surface area contributed by atoms with Crippen LogP contribution in [-0.4, -0.2) is 22.4 Å². The van der Waals surface area contributed by atoms with Crippen molar-refractivity contribution < 1.29 is 8.78 Å². The zero-order chi connectivity index (χ0) is 16.7. The molecule has 0 amide bonds. The highest BCUT2D eigenvalue weighted by molar-refractivity contribution is 5.74. The maximum Gasteiger partial charge on any atom is 0.264 e. The first kappa shape index (κ1) is 16.0. The largest absolute Gasteiger partial charge is 0.369 e.